The fourth-order valence-corrected chi connectivity index (χ4v) is 3.80. The smallest absolute Gasteiger partial charge is 0.273 e. The molecule has 0 saturated carbocycles. The number of para-hydroxylation sites is 2. The number of benzene rings is 2. The maximum atomic E-state index is 12.4. The molecule has 1 N–H and O–H groups in total. The molecule has 2 aromatic carbocycles. The summed E-state index contributed by atoms with van der Waals surface area (Å²) in [5, 5.41) is 12.0. The van der Waals surface area contributed by atoms with Gasteiger partial charge in [0.2, 0.25) is 0 Å². The molecule has 0 bridgehead atoms. The third-order valence-electron chi connectivity index (χ3n) is 4.30. The number of hydrogen-bond acceptors (Lipinski definition) is 6. The zero-order valence-corrected chi connectivity index (χ0v) is 16.0. The van der Waals surface area contributed by atoms with Crippen molar-refractivity contribution in [1.82, 2.24) is 25.3 Å². The number of aromatic nitrogens is 4. The Bertz CT molecular complexity index is 1260. The minimum absolute atomic E-state index is 0.242. The van der Waals surface area contributed by atoms with Crippen LogP contribution in [0.25, 0.3) is 26.7 Å². The summed E-state index contributed by atoms with van der Waals surface area (Å²) < 4.78 is 6.96. The Hall–Kier alpha value is -3.78. The molecule has 0 radical (unpaired) electrons. The van der Waals surface area contributed by atoms with Crippen molar-refractivity contribution in [3.63, 3.8) is 0 Å². The van der Waals surface area contributed by atoms with Gasteiger partial charge in [-0.25, -0.2) is 4.98 Å². The number of carbonyl (C=O) groups is 1. The number of nitrogens with zero attached hydrogens (tertiary/aromatic N) is 4. The van der Waals surface area contributed by atoms with Crippen LogP contribution in [-0.2, 0) is 6.54 Å². The zero-order chi connectivity index (χ0) is 19.6. The summed E-state index contributed by atoms with van der Waals surface area (Å²) in [4.78, 5) is 18.4. The van der Waals surface area contributed by atoms with E-state index in [0.717, 1.165) is 20.9 Å². The Morgan fingerprint density at radius 1 is 1.03 bits per heavy atom. The van der Waals surface area contributed by atoms with Crippen LogP contribution in [0.5, 0.6) is 0 Å². The van der Waals surface area contributed by atoms with Crippen molar-refractivity contribution in [2.45, 2.75) is 6.54 Å². The normalized spacial score (nSPS) is 11.0. The topological polar surface area (TPSA) is 85.8 Å². The molecule has 0 aliphatic rings. The van der Waals surface area contributed by atoms with Gasteiger partial charge in [-0.3, -0.25) is 4.79 Å². The van der Waals surface area contributed by atoms with Gasteiger partial charge in [-0.2, -0.15) is 9.90 Å². The van der Waals surface area contributed by atoms with Crippen molar-refractivity contribution in [2.75, 3.05) is 0 Å². The summed E-state index contributed by atoms with van der Waals surface area (Å²) >= 11 is 1.57. The Balaban J connectivity index is 1.26. The SMILES string of the molecule is O=C(NCc1ccc(-c2nc3ccccc3s2)o1)c1cnn(-c2ccccc2)n1. The monoisotopic (exact) mass is 401 g/mol. The van der Waals surface area contributed by atoms with Gasteiger partial charge in [0.25, 0.3) is 5.91 Å². The summed E-state index contributed by atoms with van der Waals surface area (Å²) in [6.07, 6.45) is 1.44. The third-order valence-corrected chi connectivity index (χ3v) is 5.35. The van der Waals surface area contributed by atoms with Gasteiger partial charge >= 0.3 is 0 Å². The van der Waals surface area contributed by atoms with Gasteiger partial charge in [0, 0.05) is 0 Å². The molecule has 142 valence electrons. The predicted octanol–water partition coefficient (Wildman–Crippen LogP) is 4.07. The fourth-order valence-electron chi connectivity index (χ4n) is 2.88. The highest BCUT2D eigenvalue weighted by atomic mass is 32.1. The maximum absolute atomic E-state index is 12.4. The molecular formula is C21H15N5O2S. The number of furan rings is 1. The van der Waals surface area contributed by atoms with Gasteiger partial charge in [-0.1, -0.05) is 30.3 Å². The molecular weight excluding hydrogens is 386 g/mol. The number of fused-ring (bicyclic) bond motifs is 1. The first kappa shape index (κ1) is 17.3. The van der Waals surface area contributed by atoms with Crippen molar-refractivity contribution in [3.8, 4) is 16.5 Å². The first-order valence-corrected chi connectivity index (χ1v) is 9.78. The van der Waals surface area contributed by atoms with E-state index in [1.54, 1.807) is 11.3 Å². The lowest BCUT2D eigenvalue weighted by Gasteiger charge is -2.00. The summed E-state index contributed by atoms with van der Waals surface area (Å²) in [5.41, 5.74) is 1.98. The van der Waals surface area contributed by atoms with E-state index >= 15 is 0 Å². The molecule has 0 aliphatic heterocycles. The van der Waals surface area contributed by atoms with E-state index in [1.165, 1.54) is 11.0 Å². The van der Waals surface area contributed by atoms with Crippen LogP contribution < -0.4 is 5.32 Å². The lowest BCUT2D eigenvalue weighted by molar-refractivity contribution is 0.0942. The number of amides is 1. The predicted molar refractivity (Wildman–Crippen MR) is 110 cm³/mol. The van der Waals surface area contributed by atoms with Gasteiger partial charge in [-0.15, -0.1) is 16.4 Å². The average molecular weight is 401 g/mol. The molecule has 0 atom stereocenters. The second-order valence-corrected chi connectivity index (χ2v) is 7.32. The molecule has 0 unspecified atom stereocenters. The van der Waals surface area contributed by atoms with Crippen LogP contribution >= 0.6 is 11.3 Å². The zero-order valence-electron chi connectivity index (χ0n) is 15.1. The Morgan fingerprint density at radius 2 is 1.86 bits per heavy atom. The number of carbonyl (C=O) groups excluding carboxylic acids is 1. The third kappa shape index (κ3) is 3.53. The van der Waals surface area contributed by atoms with Gasteiger partial charge in [0.05, 0.1) is 28.6 Å². The van der Waals surface area contributed by atoms with Gasteiger partial charge in [0.15, 0.2) is 16.5 Å². The molecule has 5 aromatic rings. The van der Waals surface area contributed by atoms with E-state index in [4.69, 9.17) is 4.42 Å². The second-order valence-electron chi connectivity index (χ2n) is 6.29. The first-order chi connectivity index (χ1) is 14.3. The van der Waals surface area contributed by atoms with Gasteiger partial charge in [-0.05, 0) is 36.4 Å². The lowest BCUT2D eigenvalue weighted by Crippen LogP contribution is -2.23. The largest absolute Gasteiger partial charge is 0.457 e. The molecule has 8 heteroatoms. The van der Waals surface area contributed by atoms with E-state index in [-0.39, 0.29) is 18.1 Å². The van der Waals surface area contributed by atoms with E-state index in [9.17, 15) is 4.79 Å². The highest BCUT2D eigenvalue weighted by Crippen LogP contribution is 2.31. The number of thiazole rings is 1. The number of hydrogen-bond donors (Lipinski definition) is 1. The molecule has 1 amide bonds. The van der Waals surface area contributed by atoms with Crippen molar-refractivity contribution >= 4 is 27.5 Å². The Kier molecular flexibility index (Phi) is 4.38. The van der Waals surface area contributed by atoms with Crippen LogP contribution in [0.15, 0.2) is 77.3 Å². The van der Waals surface area contributed by atoms with Crippen molar-refractivity contribution in [1.29, 1.82) is 0 Å². The van der Waals surface area contributed by atoms with Crippen LogP contribution in [0, 0.1) is 0 Å². The van der Waals surface area contributed by atoms with Crippen LogP contribution in [0.4, 0.5) is 0 Å². The molecule has 29 heavy (non-hydrogen) atoms. The maximum Gasteiger partial charge on any atom is 0.273 e. The van der Waals surface area contributed by atoms with Crippen LogP contribution in [0.1, 0.15) is 16.2 Å². The molecule has 0 saturated heterocycles. The van der Waals surface area contributed by atoms with E-state index in [2.05, 4.69) is 20.5 Å². The Morgan fingerprint density at radius 3 is 2.72 bits per heavy atom. The van der Waals surface area contributed by atoms with E-state index in [0.29, 0.717) is 11.5 Å². The quantitative estimate of drug-likeness (QED) is 0.480. The first-order valence-electron chi connectivity index (χ1n) is 8.97. The van der Waals surface area contributed by atoms with Gasteiger partial charge in [0.1, 0.15) is 5.76 Å². The molecule has 0 aliphatic carbocycles. The standard InChI is InChI=1S/C21H15N5O2S/c27-20(17-13-23-26(25-17)14-6-2-1-3-7-14)22-12-15-10-11-18(28-15)21-24-16-8-4-5-9-19(16)29-21/h1-11,13H,12H2,(H,22,27). The molecule has 3 aromatic heterocycles. The molecule has 5 rings (SSSR count). The van der Waals surface area contributed by atoms with Crippen LogP contribution in [0.3, 0.4) is 0 Å². The number of nitrogens with one attached hydrogen (secondary N) is 1. The minimum atomic E-state index is -0.315. The summed E-state index contributed by atoms with van der Waals surface area (Å²) in [5.74, 6) is 1.01. The van der Waals surface area contributed by atoms with Crippen LogP contribution in [0.2, 0.25) is 0 Å². The Labute approximate surface area is 169 Å². The van der Waals surface area contributed by atoms with E-state index < -0.39 is 0 Å². The van der Waals surface area contributed by atoms with Crippen molar-refractivity contribution in [3.05, 3.63) is 84.4 Å². The molecule has 0 spiro atoms. The summed E-state index contributed by atoms with van der Waals surface area (Å²) in [7, 11) is 0. The highest BCUT2D eigenvalue weighted by Gasteiger charge is 2.14. The molecule has 3 heterocycles. The summed E-state index contributed by atoms with van der Waals surface area (Å²) in [6.45, 7) is 0.252. The van der Waals surface area contributed by atoms with Crippen molar-refractivity contribution < 1.29 is 9.21 Å². The lowest BCUT2D eigenvalue weighted by atomic mass is 10.3. The summed E-state index contributed by atoms with van der Waals surface area (Å²) in [6, 6.07) is 21.1. The highest BCUT2D eigenvalue weighted by molar-refractivity contribution is 7.21. The van der Waals surface area contributed by atoms with Crippen molar-refractivity contribution in [2.24, 2.45) is 0 Å². The van der Waals surface area contributed by atoms with Crippen LogP contribution in [-0.4, -0.2) is 25.9 Å². The molecule has 7 nitrogen and oxygen atoms in total. The van der Waals surface area contributed by atoms with Gasteiger partial charge < -0.3 is 9.73 Å². The fraction of sp³-hybridized carbons (Fsp3) is 0.0476. The second kappa shape index (κ2) is 7.33. The van der Waals surface area contributed by atoms with E-state index in [1.807, 2.05) is 66.7 Å². The average Bonchev–Trinajstić information content (AvgIpc) is 3.51. The molecule has 0 fully saturated rings. The number of rotatable bonds is 5. The minimum Gasteiger partial charge on any atom is -0.457 e.